The molecule has 0 atom stereocenters. The van der Waals surface area contributed by atoms with Gasteiger partial charge in [-0.3, -0.25) is 0 Å². The highest BCUT2D eigenvalue weighted by Gasteiger charge is 2.15. The zero-order valence-corrected chi connectivity index (χ0v) is 11.8. The van der Waals surface area contributed by atoms with Crippen molar-refractivity contribution < 1.29 is 13.5 Å². The van der Waals surface area contributed by atoms with Crippen LogP contribution in [0.2, 0.25) is 0 Å². The molecule has 20 heavy (non-hydrogen) atoms. The van der Waals surface area contributed by atoms with E-state index in [-0.39, 0.29) is 18.0 Å². The smallest absolute Gasteiger partial charge is 0.240 e. The maximum Gasteiger partial charge on any atom is 0.240 e. The number of aromatic nitrogens is 2. The molecule has 6 nitrogen and oxygen atoms in total. The van der Waals surface area contributed by atoms with Crippen molar-refractivity contribution in [2.45, 2.75) is 25.0 Å². The monoisotopic (exact) mass is 293 g/mol. The van der Waals surface area contributed by atoms with E-state index >= 15 is 0 Å². The first-order valence-corrected chi connectivity index (χ1v) is 7.48. The van der Waals surface area contributed by atoms with E-state index in [1.165, 1.54) is 18.3 Å². The Morgan fingerprint density at radius 2 is 2.10 bits per heavy atom. The number of rotatable bonds is 5. The van der Waals surface area contributed by atoms with Gasteiger partial charge in [0.2, 0.25) is 10.0 Å². The van der Waals surface area contributed by atoms with Gasteiger partial charge in [0.15, 0.2) is 0 Å². The molecule has 0 aliphatic carbocycles. The molecule has 0 saturated carbocycles. The minimum atomic E-state index is -3.64. The van der Waals surface area contributed by atoms with Crippen molar-refractivity contribution in [2.24, 2.45) is 0 Å². The van der Waals surface area contributed by atoms with Crippen molar-refractivity contribution in [2.75, 3.05) is 0 Å². The van der Waals surface area contributed by atoms with Gasteiger partial charge in [-0.05, 0) is 42.3 Å². The minimum absolute atomic E-state index is 0.0680. The molecule has 0 radical (unpaired) electrons. The van der Waals surface area contributed by atoms with Gasteiger partial charge in [-0.15, -0.1) is 0 Å². The summed E-state index contributed by atoms with van der Waals surface area (Å²) in [7, 11) is -3.64. The minimum Gasteiger partial charge on any atom is -0.392 e. The first kappa shape index (κ1) is 14.6. The van der Waals surface area contributed by atoms with Crippen LogP contribution in [-0.2, 0) is 23.2 Å². The summed E-state index contributed by atoms with van der Waals surface area (Å²) in [5, 5.41) is 16.7. The van der Waals surface area contributed by atoms with E-state index < -0.39 is 10.0 Å². The van der Waals surface area contributed by atoms with Crippen LogP contribution in [0.3, 0.4) is 0 Å². The lowest BCUT2D eigenvalue weighted by molar-refractivity contribution is 0.280. The van der Waals surface area contributed by atoms with Crippen LogP contribution in [0.4, 0.5) is 0 Å². The van der Waals surface area contributed by atoms with Crippen molar-refractivity contribution in [1.29, 1.82) is 0 Å². The van der Waals surface area contributed by atoms with Crippen molar-refractivity contribution in [1.82, 2.24) is 14.9 Å². The van der Waals surface area contributed by atoms with E-state index in [4.69, 9.17) is 0 Å². The van der Waals surface area contributed by atoms with Gasteiger partial charge in [0.1, 0.15) is 0 Å². The van der Waals surface area contributed by atoms with Crippen molar-refractivity contribution in [3.63, 3.8) is 0 Å². The molecule has 1 aromatic carbocycles. The van der Waals surface area contributed by atoms with Crippen molar-refractivity contribution >= 4 is 10.0 Å². The lowest BCUT2D eigenvalue weighted by Crippen LogP contribution is -2.24. The zero-order valence-electron chi connectivity index (χ0n) is 10.9. The van der Waals surface area contributed by atoms with Crippen LogP contribution < -0.4 is 4.72 Å². The number of hydrogen-bond acceptors (Lipinski definition) is 5. The average molecular weight is 293 g/mol. The fourth-order valence-corrected chi connectivity index (χ4v) is 2.71. The fraction of sp³-hybridized carbons (Fsp3) is 0.231. The molecule has 2 aromatic rings. The molecule has 0 aliphatic heterocycles. The first-order valence-electron chi connectivity index (χ1n) is 5.99. The molecule has 0 bridgehead atoms. The largest absolute Gasteiger partial charge is 0.392 e. The molecule has 1 aromatic heterocycles. The highest BCUT2D eigenvalue weighted by Crippen LogP contribution is 2.15. The van der Waals surface area contributed by atoms with Crippen LogP contribution in [0.5, 0.6) is 0 Å². The van der Waals surface area contributed by atoms with Crippen LogP contribution in [0.15, 0.2) is 41.4 Å². The Bertz CT molecular complexity index is 687. The summed E-state index contributed by atoms with van der Waals surface area (Å²) in [6.45, 7) is 1.69. The quantitative estimate of drug-likeness (QED) is 0.849. The summed E-state index contributed by atoms with van der Waals surface area (Å²) in [5.74, 6) is 0. The van der Waals surface area contributed by atoms with Gasteiger partial charge in [-0.2, -0.15) is 10.2 Å². The highest BCUT2D eigenvalue weighted by atomic mass is 32.2. The van der Waals surface area contributed by atoms with Crippen molar-refractivity contribution in [3.8, 4) is 0 Å². The van der Waals surface area contributed by atoms with Crippen LogP contribution >= 0.6 is 0 Å². The molecular formula is C13H15N3O3S. The summed E-state index contributed by atoms with van der Waals surface area (Å²) in [4.78, 5) is 0.121. The Morgan fingerprint density at radius 1 is 1.30 bits per heavy atom. The van der Waals surface area contributed by atoms with E-state index in [0.29, 0.717) is 11.3 Å². The number of sulfonamides is 1. The molecule has 106 valence electrons. The lowest BCUT2D eigenvalue weighted by atomic mass is 10.1. The van der Waals surface area contributed by atoms with Gasteiger partial charge in [-0.1, -0.05) is 6.07 Å². The summed E-state index contributed by atoms with van der Waals surface area (Å²) in [5.41, 5.74) is 1.97. The summed E-state index contributed by atoms with van der Waals surface area (Å²) < 4.78 is 26.7. The third-order valence-electron chi connectivity index (χ3n) is 2.87. The normalized spacial score (nSPS) is 11.5. The highest BCUT2D eigenvalue weighted by molar-refractivity contribution is 7.89. The Balaban J connectivity index is 2.18. The number of benzene rings is 1. The Morgan fingerprint density at radius 3 is 2.75 bits per heavy atom. The number of aliphatic hydroxyl groups is 1. The summed E-state index contributed by atoms with van der Waals surface area (Å²) in [6, 6.07) is 8.01. The molecule has 0 unspecified atom stereocenters. The van der Waals surface area contributed by atoms with Gasteiger partial charge >= 0.3 is 0 Å². The predicted molar refractivity (Wildman–Crippen MR) is 73.2 cm³/mol. The fourth-order valence-electron chi connectivity index (χ4n) is 1.67. The standard InChI is InChI=1S/C13H15N3O3S/c1-10-4-5-13(7-11(10)9-17)20(18,19)15-8-12-3-2-6-14-16-12/h2-7,15,17H,8-9H2,1H3. The molecular weight excluding hydrogens is 278 g/mol. The van der Waals surface area contributed by atoms with Gasteiger partial charge in [0.05, 0.1) is 23.7 Å². The second-order valence-electron chi connectivity index (χ2n) is 4.29. The second-order valence-corrected chi connectivity index (χ2v) is 6.05. The summed E-state index contributed by atoms with van der Waals surface area (Å²) in [6.07, 6.45) is 1.52. The lowest BCUT2D eigenvalue weighted by Gasteiger charge is -2.09. The topological polar surface area (TPSA) is 92.2 Å². The second kappa shape index (κ2) is 6.08. The summed E-state index contributed by atoms with van der Waals surface area (Å²) >= 11 is 0. The maximum absolute atomic E-state index is 12.1. The molecule has 0 spiro atoms. The van der Waals surface area contributed by atoms with Gasteiger partial charge < -0.3 is 5.11 Å². The average Bonchev–Trinajstić information content (AvgIpc) is 2.46. The van der Waals surface area contributed by atoms with E-state index in [1.54, 1.807) is 18.2 Å². The van der Waals surface area contributed by atoms with E-state index in [9.17, 15) is 13.5 Å². The van der Waals surface area contributed by atoms with Crippen LogP contribution in [-0.4, -0.2) is 23.7 Å². The Kier molecular flexibility index (Phi) is 4.43. The molecule has 2 N–H and O–H groups in total. The molecule has 2 rings (SSSR count). The van der Waals surface area contributed by atoms with E-state index in [0.717, 1.165) is 5.56 Å². The third kappa shape index (κ3) is 3.38. The first-order chi connectivity index (χ1) is 9.53. The Hall–Kier alpha value is -1.83. The number of nitrogens with zero attached hydrogens (tertiary/aromatic N) is 2. The van der Waals surface area contributed by atoms with Crippen molar-refractivity contribution in [3.05, 3.63) is 53.3 Å². The van der Waals surface area contributed by atoms with Gasteiger partial charge in [-0.25, -0.2) is 13.1 Å². The Labute approximate surface area is 117 Å². The maximum atomic E-state index is 12.1. The number of nitrogens with one attached hydrogen (secondary N) is 1. The third-order valence-corrected chi connectivity index (χ3v) is 4.27. The molecule has 0 aliphatic rings. The molecule has 1 heterocycles. The van der Waals surface area contributed by atoms with Crippen LogP contribution in [0.1, 0.15) is 16.8 Å². The SMILES string of the molecule is Cc1ccc(S(=O)(=O)NCc2cccnn2)cc1CO. The molecule has 7 heteroatoms. The van der Waals surface area contributed by atoms with Gasteiger partial charge in [0, 0.05) is 6.20 Å². The van der Waals surface area contributed by atoms with E-state index in [2.05, 4.69) is 14.9 Å². The molecule has 0 amide bonds. The van der Waals surface area contributed by atoms with Gasteiger partial charge in [0.25, 0.3) is 0 Å². The van der Waals surface area contributed by atoms with E-state index in [1.807, 2.05) is 6.92 Å². The number of hydrogen-bond donors (Lipinski definition) is 2. The van der Waals surface area contributed by atoms with Crippen LogP contribution in [0.25, 0.3) is 0 Å². The molecule has 0 saturated heterocycles. The van der Waals surface area contributed by atoms with Crippen LogP contribution in [0, 0.1) is 6.92 Å². The number of aliphatic hydroxyl groups excluding tert-OH is 1. The molecule has 0 fully saturated rings. The zero-order chi connectivity index (χ0) is 14.6. The predicted octanol–water partition coefficient (Wildman–Crippen LogP) is 0.756. The number of aryl methyl sites for hydroxylation is 1.